The monoisotopic (exact) mass is 504 g/mol. The molecule has 0 fully saturated rings. The van der Waals surface area contributed by atoms with Crippen molar-refractivity contribution in [3.63, 3.8) is 0 Å². The van der Waals surface area contributed by atoms with Crippen LogP contribution in [0.5, 0.6) is 5.75 Å². The molecule has 1 atom stereocenters. The lowest BCUT2D eigenvalue weighted by molar-refractivity contribution is -0.116. The van der Waals surface area contributed by atoms with Gasteiger partial charge in [0.15, 0.2) is 0 Å². The molecule has 9 heteroatoms. The standard InChI is InChI=1S/C27H28N4O4S/c1-3-34-21-9-6-7-19(14-21)18(2)13-25(32)30-26-23(15-28)22-10-12-31(16-24(22)36-26)27(33)35-17-20-8-4-5-11-29-20/h4-9,11,14,18H,3,10,12-13,16-17H2,1-2H3,(H,30,32)/t18-/m0/s1. The van der Waals surface area contributed by atoms with E-state index in [9.17, 15) is 14.9 Å². The normalized spacial score (nSPS) is 13.3. The summed E-state index contributed by atoms with van der Waals surface area (Å²) in [6, 6.07) is 15.4. The van der Waals surface area contributed by atoms with Crippen LogP contribution in [-0.2, 0) is 29.1 Å². The average Bonchev–Trinajstić information content (AvgIpc) is 3.24. The molecule has 3 aromatic rings. The molecule has 1 aliphatic rings. The number of carbonyl (C=O) groups is 2. The number of fused-ring (bicyclic) bond motifs is 1. The predicted octanol–water partition coefficient (Wildman–Crippen LogP) is 5.24. The Morgan fingerprint density at radius 1 is 1.28 bits per heavy atom. The quantitative estimate of drug-likeness (QED) is 0.450. The van der Waals surface area contributed by atoms with Gasteiger partial charge in [0.1, 0.15) is 23.4 Å². The molecule has 0 unspecified atom stereocenters. The minimum Gasteiger partial charge on any atom is -0.494 e. The number of carbonyl (C=O) groups excluding carboxylic acids is 2. The molecular formula is C27H28N4O4S. The molecule has 3 heterocycles. The number of benzene rings is 1. The van der Waals surface area contributed by atoms with Gasteiger partial charge >= 0.3 is 6.09 Å². The second-order valence-corrected chi connectivity index (χ2v) is 9.63. The first kappa shape index (κ1) is 25.2. The first-order chi connectivity index (χ1) is 17.5. The van der Waals surface area contributed by atoms with E-state index in [1.54, 1.807) is 23.2 Å². The molecule has 0 saturated heterocycles. The van der Waals surface area contributed by atoms with Gasteiger partial charge in [0.2, 0.25) is 5.91 Å². The van der Waals surface area contributed by atoms with Gasteiger partial charge < -0.3 is 19.7 Å². The highest BCUT2D eigenvalue weighted by Gasteiger charge is 2.28. The minimum absolute atomic E-state index is 0.0186. The van der Waals surface area contributed by atoms with Gasteiger partial charge in [0, 0.05) is 24.0 Å². The van der Waals surface area contributed by atoms with E-state index in [2.05, 4.69) is 16.4 Å². The van der Waals surface area contributed by atoms with Crippen LogP contribution in [-0.4, -0.2) is 35.0 Å². The van der Waals surface area contributed by atoms with Crippen LogP contribution in [0, 0.1) is 11.3 Å². The molecule has 0 bridgehead atoms. The zero-order valence-electron chi connectivity index (χ0n) is 20.3. The Morgan fingerprint density at radius 3 is 2.89 bits per heavy atom. The highest BCUT2D eigenvalue weighted by Crippen LogP contribution is 2.37. The fourth-order valence-corrected chi connectivity index (χ4v) is 5.36. The zero-order valence-corrected chi connectivity index (χ0v) is 21.1. The van der Waals surface area contributed by atoms with Crippen LogP contribution in [0.15, 0.2) is 48.7 Å². The Balaban J connectivity index is 1.38. The minimum atomic E-state index is -0.424. The first-order valence-electron chi connectivity index (χ1n) is 11.9. The van der Waals surface area contributed by atoms with E-state index in [0.717, 1.165) is 21.8 Å². The maximum absolute atomic E-state index is 12.8. The summed E-state index contributed by atoms with van der Waals surface area (Å²) in [5.74, 6) is 0.601. The zero-order chi connectivity index (χ0) is 25.5. The molecule has 0 saturated carbocycles. The molecule has 0 radical (unpaired) electrons. The second-order valence-electron chi connectivity index (χ2n) is 8.53. The third-order valence-electron chi connectivity index (χ3n) is 5.98. The number of hydrogen-bond acceptors (Lipinski definition) is 7. The van der Waals surface area contributed by atoms with E-state index >= 15 is 0 Å². The topological polar surface area (TPSA) is 105 Å². The van der Waals surface area contributed by atoms with Gasteiger partial charge in [-0.2, -0.15) is 5.26 Å². The molecule has 8 nitrogen and oxygen atoms in total. The van der Waals surface area contributed by atoms with Crippen molar-refractivity contribution < 1.29 is 19.1 Å². The van der Waals surface area contributed by atoms with Gasteiger partial charge in [-0.3, -0.25) is 9.78 Å². The number of nitrogens with zero attached hydrogens (tertiary/aromatic N) is 3. The van der Waals surface area contributed by atoms with Crippen molar-refractivity contribution in [2.45, 2.75) is 45.8 Å². The van der Waals surface area contributed by atoms with Crippen LogP contribution in [0.2, 0.25) is 0 Å². The third kappa shape index (κ3) is 6.01. The molecular weight excluding hydrogens is 476 g/mol. The molecule has 0 spiro atoms. The number of rotatable bonds is 8. The molecule has 186 valence electrons. The second kappa shape index (κ2) is 11.7. The number of hydrogen-bond donors (Lipinski definition) is 1. The van der Waals surface area contributed by atoms with E-state index in [0.29, 0.717) is 42.4 Å². The SMILES string of the molecule is CCOc1cccc([C@@H](C)CC(=O)Nc2sc3c(c2C#N)CCN(C(=O)OCc2ccccn2)C3)c1. The molecule has 4 rings (SSSR count). The number of aromatic nitrogens is 1. The Bertz CT molecular complexity index is 1270. The Morgan fingerprint density at radius 2 is 2.14 bits per heavy atom. The van der Waals surface area contributed by atoms with Gasteiger partial charge in [-0.05, 0) is 54.7 Å². The van der Waals surface area contributed by atoms with Crippen molar-refractivity contribution in [3.8, 4) is 11.8 Å². The van der Waals surface area contributed by atoms with Crippen molar-refractivity contribution in [2.24, 2.45) is 0 Å². The van der Waals surface area contributed by atoms with Crippen molar-refractivity contribution in [2.75, 3.05) is 18.5 Å². The van der Waals surface area contributed by atoms with Gasteiger partial charge in [-0.15, -0.1) is 11.3 Å². The Labute approximate surface area is 214 Å². The summed E-state index contributed by atoms with van der Waals surface area (Å²) in [5.41, 5.74) is 3.07. The molecule has 0 aliphatic carbocycles. The summed E-state index contributed by atoms with van der Waals surface area (Å²) < 4.78 is 11.0. The summed E-state index contributed by atoms with van der Waals surface area (Å²) in [6.07, 6.45) is 2.03. The number of nitriles is 1. The smallest absolute Gasteiger partial charge is 0.410 e. The maximum atomic E-state index is 12.8. The number of anilines is 1. The Hall–Kier alpha value is -3.90. The van der Waals surface area contributed by atoms with Crippen molar-refractivity contribution >= 4 is 28.3 Å². The lowest BCUT2D eigenvalue weighted by Crippen LogP contribution is -2.35. The molecule has 2 amide bonds. The van der Waals surface area contributed by atoms with Crippen LogP contribution < -0.4 is 10.1 Å². The summed E-state index contributed by atoms with van der Waals surface area (Å²) in [5, 5.41) is 13.2. The van der Waals surface area contributed by atoms with Crippen LogP contribution in [0.1, 0.15) is 53.4 Å². The average molecular weight is 505 g/mol. The number of thiophene rings is 1. The summed E-state index contributed by atoms with van der Waals surface area (Å²) in [4.78, 5) is 32.1. The predicted molar refractivity (Wildman–Crippen MR) is 137 cm³/mol. The summed E-state index contributed by atoms with van der Waals surface area (Å²) in [7, 11) is 0. The van der Waals surface area contributed by atoms with Crippen LogP contribution >= 0.6 is 11.3 Å². The van der Waals surface area contributed by atoms with Gasteiger partial charge in [0.25, 0.3) is 0 Å². The number of nitrogens with one attached hydrogen (secondary N) is 1. The first-order valence-corrected chi connectivity index (χ1v) is 12.7. The Kier molecular flexibility index (Phi) is 8.18. The molecule has 36 heavy (non-hydrogen) atoms. The number of pyridine rings is 1. The van der Waals surface area contributed by atoms with Gasteiger partial charge in [-0.25, -0.2) is 4.79 Å². The maximum Gasteiger partial charge on any atom is 0.410 e. The van der Waals surface area contributed by atoms with Crippen LogP contribution in [0.4, 0.5) is 9.80 Å². The molecule has 1 aromatic carbocycles. The van der Waals surface area contributed by atoms with Crippen molar-refractivity contribution in [1.29, 1.82) is 5.26 Å². The van der Waals surface area contributed by atoms with Crippen LogP contribution in [0.3, 0.4) is 0 Å². The lowest BCUT2D eigenvalue weighted by Gasteiger charge is -2.26. The van der Waals surface area contributed by atoms with Crippen molar-refractivity contribution in [3.05, 3.63) is 75.9 Å². The fraction of sp³-hybridized carbons (Fsp3) is 0.333. The largest absolute Gasteiger partial charge is 0.494 e. The lowest BCUT2D eigenvalue weighted by atomic mass is 9.97. The van der Waals surface area contributed by atoms with E-state index < -0.39 is 6.09 Å². The van der Waals surface area contributed by atoms with E-state index in [1.165, 1.54) is 11.3 Å². The van der Waals surface area contributed by atoms with E-state index in [1.807, 2.05) is 44.2 Å². The highest BCUT2D eigenvalue weighted by molar-refractivity contribution is 7.16. The molecule has 2 aromatic heterocycles. The molecule has 1 N–H and O–H groups in total. The van der Waals surface area contributed by atoms with Gasteiger partial charge in [0.05, 0.1) is 24.4 Å². The van der Waals surface area contributed by atoms with Gasteiger partial charge in [-0.1, -0.05) is 25.1 Å². The third-order valence-corrected chi connectivity index (χ3v) is 7.11. The van der Waals surface area contributed by atoms with Crippen molar-refractivity contribution in [1.82, 2.24) is 9.88 Å². The summed E-state index contributed by atoms with van der Waals surface area (Å²) >= 11 is 1.35. The summed E-state index contributed by atoms with van der Waals surface area (Å²) in [6.45, 7) is 5.39. The highest BCUT2D eigenvalue weighted by atomic mass is 32.1. The van der Waals surface area contributed by atoms with Crippen LogP contribution in [0.25, 0.3) is 0 Å². The number of amides is 2. The van der Waals surface area contributed by atoms with E-state index in [4.69, 9.17) is 9.47 Å². The number of ether oxygens (including phenoxy) is 2. The van der Waals surface area contributed by atoms with E-state index in [-0.39, 0.29) is 24.9 Å². The fourth-order valence-electron chi connectivity index (χ4n) is 4.13. The molecule has 1 aliphatic heterocycles.